The second kappa shape index (κ2) is 2.21. The first-order valence-electron chi connectivity index (χ1n) is 2.28. The van der Waals surface area contributed by atoms with Crippen molar-refractivity contribution in [1.29, 1.82) is 0 Å². The van der Waals surface area contributed by atoms with Gasteiger partial charge in [-0.25, -0.2) is 9.97 Å². The molecule has 0 atom stereocenters. The minimum atomic E-state index is -0.586. The molecule has 0 saturated heterocycles. The van der Waals surface area contributed by atoms with Gasteiger partial charge >= 0.3 is 0 Å². The zero-order valence-corrected chi connectivity index (χ0v) is 4.53. The Balaban J connectivity index is 2.98. The van der Waals surface area contributed by atoms with Crippen LogP contribution in [0.3, 0.4) is 0 Å². The summed E-state index contributed by atoms with van der Waals surface area (Å²) in [6, 6.07) is 2.47. The normalized spacial score (nSPS) is 8.89. The highest BCUT2D eigenvalue weighted by Gasteiger charge is 1.97. The minimum absolute atomic E-state index is 0.116. The number of amides is 1. The molecule has 4 nitrogen and oxygen atoms in total. The van der Waals surface area contributed by atoms with Crippen molar-refractivity contribution in [3.8, 4) is 0 Å². The number of carbonyl (C=O) groups excluding carboxylic acids is 1. The highest BCUT2D eigenvalue weighted by Crippen LogP contribution is 1.84. The zero-order chi connectivity index (χ0) is 6.69. The van der Waals surface area contributed by atoms with Crippen LogP contribution in [0.15, 0.2) is 12.5 Å². The smallest absolute Gasteiger partial charge is 0.268 e. The van der Waals surface area contributed by atoms with Crippen LogP contribution in [0.25, 0.3) is 0 Å². The number of hydrogen-bond acceptors (Lipinski definition) is 3. The molecule has 1 amide bonds. The maximum atomic E-state index is 10.3. The molecule has 1 heterocycles. The Morgan fingerprint density at radius 1 is 1.78 bits per heavy atom. The van der Waals surface area contributed by atoms with Crippen molar-refractivity contribution in [2.75, 3.05) is 0 Å². The topological polar surface area (TPSA) is 68.9 Å². The molecule has 1 aromatic rings. The van der Waals surface area contributed by atoms with Gasteiger partial charge in [0.05, 0.1) is 0 Å². The highest BCUT2D eigenvalue weighted by atomic mass is 16.1. The zero-order valence-electron chi connectivity index (χ0n) is 4.53. The van der Waals surface area contributed by atoms with Crippen molar-refractivity contribution >= 4 is 5.91 Å². The molecule has 0 saturated carbocycles. The van der Waals surface area contributed by atoms with E-state index in [2.05, 4.69) is 16.0 Å². The van der Waals surface area contributed by atoms with Gasteiger partial charge in [-0.2, -0.15) is 0 Å². The number of hydrogen-bond donors (Lipinski definition) is 1. The minimum Gasteiger partial charge on any atom is -0.364 e. The van der Waals surface area contributed by atoms with Gasteiger partial charge in [-0.1, -0.05) is 0 Å². The van der Waals surface area contributed by atoms with Crippen LogP contribution >= 0.6 is 0 Å². The van der Waals surface area contributed by atoms with E-state index in [9.17, 15) is 4.79 Å². The Hall–Kier alpha value is -1.45. The van der Waals surface area contributed by atoms with E-state index < -0.39 is 5.91 Å². The number of carbonyl (C=O) groups is 1. The summed E-state index contributed by atoms with van der Waals surface area (Å²) in [6.45, 7) is 0. The number of aromatic nitrogens is 2. The van der Waals surface area contributed by atoms with E-state index in [-0.39, 0.29) is 5.69 Å². The fourth-order valence-electron chi connectivity index (χ4n) is 0.395. The van der Waals surface area contributed by atoms with Crippen LogP contribution in [0.1, 0.15) is 10.5 Å². The van der Waals surface area contributed by atoms with Crippen LogP contribution < -0.4 is 5.73 Å². The number of nitrogens with two attached hydrogens (primary N) is 1. The molecule has 0 aliphatic heterocycles. The summed E-state index contributed by atoms with van der Waals surface area (Å²) in [5.74, 6) is -0.586. The summed E-state index contributed by atoms with van der Waals surface area (Å²) in [5.41, 5.74) is 4.97. The first kappa shape index (κ1) is 5.68. The van der Waals surface area contributed by atoms with Crippen LogP contribution in [0.5, 0.6) is 0 Å². The second-order valence-corrected chi connectivity index (χ2v) is 1.38. The number of nitrogens with zero attached hydrogens (tertiary/aromatic N) is 2. The third-order valence-corrected chi connectivity index (χ3v) is 0.763. The quantitative estimate of drug-likeness (QED) is 0.539. The van der Waals surface area contributed by atoms with Crippen LogP contribution in [-0.4, -0.2) is 15.9 Å². The molecule has 0 aromatic carbocycles. The van der Waals surface area contributed by atoms with Crippen molar-refractivity contribution in [2.24, 2.45) is 5.73 Å². The third-order valence-electron chi connectivity index (χ3n) is 0.763. The molecule has 0 aliphatic carbocycles. The fraction of sp³-hybridized carbons (Fsp3) is 0. The maximum absolute atomic E-state index is 10.3. The third kappa shape index (κ3) is 1.22. The van der Waals surface area contributed by atoms with Crippen LogP contribution in [-0.2, 0) is 0 Å². The summed E-state index contributed by atoms with van der Waals surface area (Å²) in [5, 5.41) is 0. The molecule has 0 fully saturated rings. The Morgan fingerprint density at radius 2 is 2.56 bits per heavy atom. The monoisotopic (exact) mass is 122 g/mol. The molecular formula is C5H4N3O. The first-order valence-corrected chi connectivity index (χ1v) is 2.28. The van der Waals surface area contributed by atoms with Crippen LogP contribution in [0.2, 0.25) is 0 Å². The molecule has 4 heteroatoms. The van der Waals surface area contributed by atoms with Gasteiger partial charge in [0.2, 0.25) is 0 Å². The highest BCUT2D eigenvalue weighted by molar-refractivity contribution is 5.90. The predicted molar refractivity (Wildman–Crippen MR) is 29.4 cm³/mol. The molecule has 0 spiro atoms. The van der Waals surface area contributed by atoms with E-state index in [0.29, 0.717) is 0 Å². The number of primary amides is 1. The Bertz CT molecular complexity index is 209. The molecule has 0 aliphatic rings. The molecule has 1 radical (unpaired) electrons. The molecule has 2 N–H and O–H groups in total. The van der Waals surface area contributed by atoms with Crippen molar-refractivity contribution in [2.45, 2.75) is 0 Å². The van der Waals surface area contributed by atoms with Crippen molar-refractivity contribution in [3.63, 3.8) is 0 Å². The van der Waals surface area contributed by atoms with E-state index >= 15 is 0 Å². The average Bonchev–Trinajstić information content (AvgIpc) is 1.90. The molecule has 1 rings (SSSR count). The Kier molecular flexibility index (Phi) is 1.40. The van der Waals surface area contributed by atoms with Gasteiger partial charge in [-0.3, -0.25) is 4.79 Å². The molecular weight excluding hydrogens is 118 g/mol. The van der Waals surface area contributed by atoms with Gasteiger partial charge in [-0.05, 0) is 0 Å². The lowest BCUT2D eigenvalue weighted by molar-refractivity contribution is 0.0995. The summed E-state index contributed by atoms with van der Waals surface area (Å²) in [4.78, 5) is 17.4. The van der Waals surface area contributed by atoms with Crippen LogP contribution in [0.4, 0.5) is 0 Å². The molecule has 9 heavy (non-hydrogen) atoms. The molecule has 0 unspecified atom stereocenters. The SMILES string of the molecule is NC(=O)c1[c]cncn1. The Labute approximate surface area is 51.7 Å². The lowest BCUT2D eigenvalue weighted by atomic mass is 10.4. The first-order chi connectivity index (χ1) is 4.30. The molecule has 1 aromatic heterocycles. The summed E-state index contributed by atoms with van der Waals surface area (Å²) in [7, 11) is 0. The van der Waals surface area contributed by atoms with Gasteiger partial charge < -0.3 is 5.73 Å². The van der Waals surface area contributed by atoms with Gasteiger partial charge in [0.15, 0.2) is 0 Å². The van der Waals surface area contributed by atoms with Crippen molar-refractivity contribution in [1.82, 2.24) is 9.97 Å². The van der Waals surface area contributed by atoms with E-state index in [0.717, 1.165) is 0 Å². The average molecular weight is 122 g/mol. The van der Waals surface area contributed by atoms with E-state index in [4.69, 9.17) is 5.73 Å². The second-order valence-electron chi connectivity index (χ2n) is 1.38. The summed E-state index contributed by atoms with van der Waals surface area (Å²) < 4.78 is 0. The van der Waals surface area contributed by atoms with Crippen molar-refractivity contribution in [3.05, 3.63) is 24.3 Å². The number of rotatable bonds is 1. The fourth-order valence-corrected chi connectivity index (χ4v) is 0.395. The molecule has 0 bridgehead atoms. The lowest BCUT2D eigenvalue weighted by Crippen LogP contribution is -2.12. The molecule has 45 valence electrons. The lowest BCUT2D eigenvalue weighted by Gasteiger charge is -1.87. The van der Waals surface area contributed by atoms with Gasteiger partial charge in [0, 0.05) is 12.3 Å². The predicted octanol–water partition coefficient (Wildman–Crippen LogP) is -0.624. The van der Waals surface area contributed by atoms with Crippen molar-refractivity contribution < 1.29 is 4.79 Å². The van der Waals surface area contributed by atoms with Crippen LogP contribution in [0, 0.1) is 6.07 Å². The van der Waals surface area contributed by atoms with Gasteiger partial charge in [0.1, 0.15) is 12.0 Å². The van der Waals surface area contributed by atoms with Gasteiger partial charge in [0.25, 0.3) is 5.91 Å². The van der Waals surface area contributed by atoms with E-state index in [1.165, 1.54) is 12.5 Å². The Morgan fingerprint density at radius 3 is 2.89 bits per heavy atom. The van der Waals surface area contributed by atoms with E-state index in [1.54, 1.807) is 0 Å². The maximum Gasteiger partial charge on any atom is 0.268 e. The standard InChI is InChI=1S/C5H4N3O/c6-5(9)4-1-2-7-3-8-4/h2-3H,(H2,6,9). The largest absolute Gasteiger partial charge is 0.364 e. The summed E-state index contributed by atoms with van der Waals surface area (Å²) in [6.07, 6.45) is 2.59. The van der Waals surface area contributed by atoms with E-state index in [1.807, 2.05) is 0 Å². The van der Waals surface area contributed by atoms with Gasteiger partial charge in [-0.15, -0.1) is 0 Å². The summed E-state index contributed by atoms with van der Waals surface area (Å²) >= 11 is 0.